The number of ketones is 2. The second-order valence-electron chi connectivity index (χ2n) is 3.01. The Morgan fingerprint density at radius 3 is 2.00 bits per heavy atom. The Labute approximate surface area is 94.3 Å². The number of nitrogens with two attached hydrogens (primary N) is 1. The first-order chi connectivity index (χ1) is 7.57. The van der Waals surface area contributed by atoms with Crippen LogP contribution in [0.1, 0.15) is 19.4 Å². The molecular weight excluding hydrogens is 206 g/mol. The normalized spacial score (nSPS) is 9.38. The molecule has 2 N–H and O–H groups in total. The van der Waals surface area contributed by atoms with Gasteiger partial charge in [-0.15, -0.1) is 0 Å². The van der Waals surface area contributed by atoms with Crippen LogP contribution < -0.4 is 5.84 Å². The van der Waals surface area contributed by atoms with Gasteiger partial charge in [-0.05, 0) is 5.56 Å². The molecule has 0 saturated carbocycles. The molecule has 1 rings (SSSR count). The largest absolute Gasteiger partial charge is 0.305 e. The van der Waals surface area contributed by atoms with Crippen molar-refractivity contribution in [2.24, 2.45) is 16.2 Å². The molecule has 0 bridgehead atoms. The highest BCUT2D eigenvalue weighted by atomic mass is 16.2. The molecule has 5 nitrogen and oxygen atoms in total. The first kappa shape index (κ1) is 14.0. The minimum Gasteiger partial charge on any atom is -0.305 e. The van der Waals surface area contributed by atoms with Crippen molar-refractivity contribution in [1.82, 2.24) is 0 Å². The Morgan fingerprint density at radius 2 is 1.62 bits per heavy atom. The van der Waals surface area contributed by atoms with Crippen LogP contribution in [0.2, 0.25) is 0 Å². The van der Waals surface area contributed by atoms with Crippen LogP contribution in [0, 0.1) is 0 Å². The number of carbonyl (C=O) groups excluding carboxylic acids is 2. The minimum atomic E-state index is -0.380. The molecule has 0 aliphatic heterocycles. The highest BCUT2D eigenvalue weighted by Crippen LogP contribution is 1.99. The van der Waals surface area contributed by atoms with E-state index in [2.05, 4.69) is 10.3 Å². The number of benzene rings is 1. The van der Waals surface area contributed by atoms with Crippen LogP contribution in [0.4, 0.5) is 0 Å². The van der Waals surface area contributed by atoms with Crippen LogP contribution in [0.5, 0.6) is 0 Å². The summed E-state index contributed by atoms with van der Waals surface area (Å²) in [7, 11) is 0. The number of hydrogen-bond donors (Lipinski definition) is 1. The lowest BCUT2D eigenvalue weighted by molar-refractivity contribution is -0.134. The maximum atomic E-state index is 9.79. The Morgan fingerprint density at radius 1 is 1.12 bits per heavy atom. The molecular formula is C11H15N3O2. The molecule has 0 aliphatic carbocycles. The Balaban J connectivity index is 0.000000325. The molecule has 0 aromatic heterocycles. The first-order valence-electron chi connectivity index (χ1n) is 4.70. The van der Waals surface area contributed by atoms with Gasteiger partial charge < -0.3 is 5.84 Å². The molecule has 0 spiro atoms. The summed E-state index contributed by atoms with van der Waals surface area (Å²) in [5.74, 6) is 4.08. The molecule has 1 aromatic rings. The maximum absolute atomic E-state index is 9.79. The predicted molar refractivity (Wildman–Crippen MR) is 60.6 cm³/mol. The fourth-order valence-corrected chi connectivity index (χ4v) is 0.706. The molecule has 0 fully saturated rings. The average molecular weight is 221 g/mol. The van der Waals surface area contributed by atoms with Gasteiger partial charge in [0.05, 0.1) is 6.54 Å². The van der Waals surface area contributed by atoms with Crippen molar-refractivity contribution in [3.05, 3.63) is 35.9 Å². The van der Waals surface area contributed by atoms with Gasteiger partial charge in [0.15, 0.2) is 11.6 Å². The van der Waals surface area contributed by atoms with Crippen LogP contribution >= 0.6 is 0 Å². The summed E-state index contributed by atoms with van der Waals surface area (Å²) in [5, 5.41) is 6.80. The average Bonchev–Trinajstić information content (AvgIpc) is 2.28. The number of Topliss-reactive ketones (excluding diaryl/α,β-unsaturated/α-hetero) is 2. The predicted octanol–water partition coefficient (Wildman–Crippen LogP) is 1.68. The smallest absolute Gasteiger partial charge is 0.195 e. The van der Waals surface area contributed by atoms with Gasteiger partial charge in [0.1, 0.15) is 0 Å². The van der Waals surface area contributed by atoms with E-state index in [4.69, 9.17) is 5.84 Å². The van der Waals surface area contributed by atoms with E-state index >= 15 is 0 Å². The van der Waals surface area contributed by atoms with Gasteiger partial charge in [0.25, 0.3) is 0 Å². The molecule has 16 heavy (non-hydrogen) atoms. The summed E-state index contributed by atoms with van der Waals surface area (Å²) in [5.41, 5.74) is 1.12. The van der Waals surface area contributed by atoms with E-state index in [9.17, 15) is 9.59 Å². The van der Waals surface area contributed by atoms with E-state index in [0.29, 0.717) is 6.54 Å². The zero-order chi connectivity index (χ0) is 12.4. The number of hydrogen-bond acceptors (Lipinski definition) is 4. The third-order valence-electron chi connectivity index (χ3n) is 1.67. The SMILES string of the molecule is CC(=O)C(C)=O.NN=NCc1ccccc1. The molecule has 0 heterocycles. The quantitative estimate of drug-likeness (QED) is 0.364. The molecule has 86 valence electrons. The van der Waals surface area contributed by atoms with Crippen LogP contribution in [-0.4, -0.2) is 11.6 Å². The van der Waals surface area contributed by atoms with Gasteiger partial charge in [-0.3, -0.25) is 9.59 Å². The topological polar surface area (TPSA) is 84.9 Å². The van der Waals surface area contributed by atoms with E-state index in [1.807, 2.05) is 30.3 Å². The van der Waals surface area contributed by atoms with Crippen LogP contribution in [-0.2, 0) is 16.1 Å². The maximum Gasteiger partial charge on any atom is 0.195 e. The van der Waals surface area contributed by atoms with E-state index in [-0.39, 0.29) is 11.6 Å². The van der Waals surface area contributed by atoms with Crippen molar-refractivity contribution in [1.29, 1.82) is 0 Å². The fourth-order valence-electron chi connectivity index (χ4n) is 0.706. The summed E-state index contributed by atoms with van der Waals surface area (Å²) in [6.45, 7) is 3.07. The van der Waals surface area contributed by atoms with Crippen molar-refractivity contribution in [3.63, 3.8) is 0 Å². The highest BCUT2D eigenvalue weighted by molar-refractivity contribution is 6.35. The van der Waals surface area contributed by atoms with Gasteiger partial charge in [-0.2, -0.15) is 5.11 Å². The van der Waals surface area contributed by atoms with E-state index in [1.54, 1.807) is 0 Å². The van der Waals surface area contributed by atoms with Crippen molar-refractivity contribution in [3.8, 4) is 0 Å². The standard InChI is InChI=1S/C7H9N3.C4H6O2/c8-10-9-6-7-4-2-1-3-5-7;1-3(5)4(2)6/h1-5H,6H2,(H2,8,9);1-2H3. The van der Waals surface area contributed by atoms with Crippen molar-refractivity contribution in [2.75, 3.05) is 0 Å². The number of carbonyl (C=O) groups is 2. The van der Waals surface area contributed by atoms with Gasteiger partial charge in [0, 0.05) is 13.8 Å². The molecule has 0 unspecified atom stereocenters. The van der Waals surface area contributed by atoms with E-state index in [1.165, 1.54) is 13.8 Å². The van der Waals surface area contributed by atoms with Crippen molar-refractivity contribution >= 4 is 11.6 Å². The third kappa shape index (κ3) is 7.37. The molecule has 5 heteroatoms. The molecule has 0 amide bonds. The van der Waals surface area contributed by atoms with Crippen molar-refractivity contribution < 1.29 is 9.59 Å². The molecule has 0 aliphatic rings. The second-order valence-corrected chi connectivity index (χ2v) is 3.01. The van der Waals surface area contributed by atoms with Crippen LogP contribution in [0.3, 0.4) is 0 Å². The molecule has 0 atom stereocenters. The summed E-state index contributed by atoms with van der Waals surface area (Å²) >= 11 is 0. The lowest BCUT2D eigenvalue weighted by Gasteiger charge is -1.90. The lowest BCUT2D eigenvalue weighted by atomic mass is 10.2. The number of rotatable bonds is 3. The molecule has 0 radical (unpaired) electrons. The summed E-state index contributed by atoms with van der Waals surface area (Å²) in [6.07, 6.45) is 0. The third-order valence-corrected chi connectivity index (χ3v) is 1.67. The second kappa shape index (κ2) is 8.28. The van der Waals surface area contributed by atoms with E-state index in [0.717, 1.165) is 5.56 Å². The Hall–Kier alpha value is -2.04. The lowest BCUT2D eigenvalue weighted by Crippen LogP contribution is -2.01. The Kier molecular flexibility index (Phi) is 7.23. The zero-order valence-corrected chi connectivity index (χ0v) is 9.38. The molecule has 1 aromatic carbocycles. The first-order valence-corrected chi connectivity index (χ1v) is 4.70. The van der Waals surface area contributed by atoms with Crippen LogP contribution in [0.15, 0.2) is 40.7 Å². The van der Waals surface area contributed by atoms with Crippen LogP contribution in [0.25, 0.3) is 0 Å². The summed E-state index contributed by atoms with van der Waals surface area (Å²) in [4.78, 5) is 19.6. The van der Waals surface area contributed by atoms with E-state index < -0.39 is 0 Å². The summed E-state index contributed by atoms with van der Waals surface area (Å²) < 4.78 is 0. The summed E-state index contributed by atoms with van der Waals surface area (Å²) in [6, 6.07) is 9.84. The number of nitrogens with zero attached hydrogens (tertiary/aromatic N) is 2. The monoisotopic (exact) mass is 221 g/mol. The van der Waals surface area contributed by atoms with Gasteiger partial charge in [-0.25, -0.2) is 0 Å². The van der Waals surface area contributed by atoms with Gasteiger partial charge in [-0.1, -0.05) is 35.6 Å². The van der Waals surface area contributed by atoms with Gasteiger partial charge in [0.2, 0.25) is 0 Å². The van der Waals surface area contributed by atoms with Gasteiger partial charge >= 0.3 is 0 Å². The fraction of sp³-hybridized carbons (Fsp3) is 0.273. The Bertz CT molecular complexity index is 349. The zero-order valence-electron chi connectivity index (χ0n) is 9.38. The van der Waals surface area contributed by atoms with Crippen molar-refractivity contribution in [2.45, 2.75) is 20.4 Å². The molecule has 0 saturated heterocycles. The highest BCUT2D eigenvalue weighted by Gasteiger charge is 1.94. The minimum absolute atomic E-state index is 0.380.